The molecular formula is C19H18N4O2. The van der Waals surface area contributed by atoms with Gasteiger partial charge in [0.05, 0.1) is 5.52 Å². The first-order chi connectivity index (χ1) is 12.0. The molecule has 4 rings (SSSR count). The molecule has 2 aromatic carbocycles. The van der Waals surface area contributed by atoms with Crippen molar-refractivity contribution in [2.24, 2.45) is 0 Å². The van der Waals surface area contributed by atoms with Crippen molar-refractivity contribution in [2.75, 3.05) is 5.73 Å². The number of hydrogen-bond donors (Lipinski definition) is 2. The predicted octanol–water partition coefficient (Wildman–Crippen LogP) is 2.64. The quantitative estimate of drug-likeness (QED) is 0.751. The first-order valence-corrected chi connectivity index (χ1v) is 8.21. The number of carbonyl (C=O) groups is 1. The van der Waals surface area contributed by atoms with E-state index in [0.29, 0.717) is 24.3 Å². The van der Waals surface area contributed by atoms with E-state index in [9.17, 15) is 9.90 Å². The highest BCUT2D eigenvalue weighted by molar-refractivity contribution is 6.05. The number of aromatic hydroxyl groups is 1. The predicted molar refractivity (Wildman–Crippen MR) is 95.0 cm³/mol. The van der Waals surface area contributed by atoms with Crippen molar-refractivity contribution in [1.82, 2.24) is 14.9 Å². The lowest BCUT2D eigenvalue weighted by atomic mass is 10.1. The summed E-state index contributed by atoms with van der Waals surface area (Å²) < 4.78 is 0. The monoisotopic (exact) mass is 334 g/mol. The summed E-state index contributed by atoms with van der Waals surface area (Å²) in [7, 11) is 0. The Morgan fingerprint density at radius 1 is 1.16 bits per heavy atom. The molecule has 0 saturated heterocycles. The molecule has 0 atom stereocenters. The van der Waals surface area contributed by atoms with Crippen LogP contribution in [0.25, 0.3) is 10.9 Å². The van der Waals surface area contributed by atoms with E-state index in [0.717, 1.165) is 28.5 Å². The van der Waals surface area contributed by atoms with Gasteiger partial charge in [0.1, 0.15) is 11.4 Å². The average molecular weight is 334 g/mol. The fourth-order valence-electron chi connectivity index (χ4n) is 3.25. The number of amides is 1. The minimum atomic E-state index is -0.178. The molecule has 25 heavy (non-hydrogen) atoms. The van der Waals surface area contributed by atoms with Crippen molar-refractivity contribution in [3.63, 3.8) is 0 Å². The van der Waals surface area contributed by atoms with Gasteiger partial charge < -0.3 is 15.7 Å². The summed E-state index contributed by atoms with van der Waals surface area (Å²) in [5, 5.41) is 10.4. The highest BCUT2D eigenvalue weighted by Gasteiger charge is 2.27. The van der Waals surface area contributed by atoms with Gasteiger partial charge in [-0.2, -0.15) is 0 Å². The van der Waals surface area contributed by atoms with Crippen LogP contribution in [0.5, 0.6) is 5.75 Å². The summed E-state index contributed by atoms with van der Waals surface area (Å²) in [4.78, 5) is 23.3. The van der Waals surface area contributed by atoms with E-state index < -0.39 is 0 Å². The lowest BCUT2D eigenvalue weighted by Crippen LogP contribution is -2.27. The molecule has 6 heteroatoms. The molecule has 2 heterocycles. The van der Waals surface area contributed by atoms with Crippen molar-refractivity contribution in [2.45, 2.75) is 26.4 Å². The second-order valence-electron chi connectivity index (χ2n) is 6.25. The number of nitrogens with zero attached hydrogens (tertiary/aromatic N) is 3. The molecule has 0 saturated carbocycles. The van der Waals surface area contributed by atoms with Gasteiger partial charge in [-0.25, -0.2) is 9.97 Å². The van der Waals surface area contributed by atoms with Gasteiger partial charge in [-0.05, 0) is 47.4 Å². The standard InChI is InChI=1S/C19H18N4O2/c1-2-11-3-6-16-15(7-11)17(22-19(20)21-16)18(25)23-9-12-4-5-14(24)8-13(12)10-23/h3-8,24H,2,9-10H2,1H3,(H2,20,21,22). The molecule has 3 N–H and O–H groups in total. The van der Waals surface area contributed by atoms with Crippen LogP contribution in [0.4, 0.5) is 5.95 Å². The number of rotatable bonds is 2. The van der Waals surface area contributed by atoms with E-state index in [4.69, 9.17) is 5.73 Å². The zero-order valence-electron chi connectivity index (χ0n) is 13.9. The average Bonchev–Trinajstić information content (AvgIpc) is 3.03. The van der Waals surface area contributed by atoms with Crippen LogP contribution in [0, 0.1) is 0 Å². The number of nitrogen functional groups attached to an aromatic ring is 1. The van der Waals surface area contributed by atoms with Gasteiger partial charge in [-0.3, -0.25) is 4.79 Å². The molecule has 3 aromatic rings. The fourth-order valence-corrected chi connectivity index (χ4v) is 3.25. The Labute approximate surface area is 144 Å². The molecule has 0 spiro atoms. The van der Waals surface area contributed by atoms with Gasteiger partial charge >= 0.3 is 0 Å². The summed E-state index contributed by atoms with van der Waals surface area (Å²) in [6.45, 7) is 3.00. The molecule has 1 aliphatic heterocycles. The summed E-state index contributed by atoms with van der Waals surface area (Å²) >= 11 is 0. The zero-order valence-corrected chi connectivity index (χ0v) is 13.9. The highest BCUT2D eigenvalue weighted by Crippen LogP contribution is 2.28. The molecule has 1 aliphatic rings. The summed E-state index contributed by atoms with van der Waals surface area (Å²) in [6.07, 6.45) is 0.863. The number of carbonyl (C=O) groups excluding carboxylic acids is 1. The third-order valence-corrected chi connectivity index (χ3v) is 4.59. The van der Waals surface area contributed by atoms with Crippen LogP contribution >= 0.6 is 0 Å². The largest absolute Gasteiger partial charge is 0.508 e. The van der Waals surface area contributed by atoms with Crippen molar-refractivity contribution in [3.8, 4) is 5.75 Å². The third kappa shape index (κ3) is 2.65. The van der Waals surface area contributed by atoms with E-state index in [2.05, 4.69) is 16.9 Å². The maximum atomic E-state index is 13.1. The first kappa shape index (κ1) is 15.4. The molecule has 0 unspecified atom stereocenters. The number of phenols is 1. The minimum absolute atomic E-state index is 0.0921. The number of anilines is 1. The van der Waals surface area contributed by atoms with Gasteiger partial charge in [-0.1, -0.05) is 19.1 Å². The minimum Gasteiger partial charge on any atom is -0.508 e. The maximum absolute atomic E-state index is 13.1. The number of hydrogen-bond acceptors (Lipinski definition) is 5. The van der Waals surface area contributed by atoms with Crippen LogP contribution in [-0.2, 0) is 19.5 Å². The van der Waals surface area contributed by atoms with Gasteiger partial charge in [-0.15, -0.1) is 0 Å². The van der Waals surface area contributed by atoms with Crippen molar-refractivity contribution >= 4 is 22.8 Å². The van der Waals surface area contributed by atoms with Crippen LogP contribution in [0.2, 0.25) is 0 Å². The summed E-state index contributed by atoms with van der Waals surface area (Å²) in [5.41, 5.74) is 9.91. The Kier molecular flexibility index (Phi) is 3.53. The second kappa shape index (κ2) is 5.73. The molecule has 0 fully saturated rings. The Balaban J connectivity index is 1.75. The lowest BCUT2D eigenvalue weighted by Gasteiger charge is -2.16. The number of aryl methyl sites for hydroxylation is 1. The van der Waals surface area contributed by atoms with Gasteiger partial charge in [0.2, 0.25) is 5.95 Å². The summed E-state index contributed by atoms with van der Waals surface area (Å²) in [6, 6.07) is 11.0. The van der Waals surface area contributed by atoms with E-state index in [1.807, 2.05) is 24.3 Å². The Morgan fingerprint density at radius 2 is 1.96 bits per heavy atom. The van der Waals surface area contributed by atoms with Crippen LogP contribution < -0.4 is 5.73 Å². The number of fused-ring (bicyclic) bond motifs is 2. The molecule has 0 aliphatic carbocycles. The van der Waals surface area contributed by atoms with Crippen LogP contribution in [0.15, 0.2) is 36.4 Å². The van der Waals surface area contributed by atoms with Crippen LogP contribution in [-0.4, -0.2) is 25.9 Å². The van der Waals surface area contributed by atoms with E-state index >= 15 is 0 Å². The highest BCUT2D eigenvalue weighted by atomic mass is 16.3. The normalized spacial score (nSPS) is 13.2. The molecule has 6 nitrogen and oxygen atoms in total. The number of nitrogens with two attached hydrogens (primary N) is 1. The Morgan fingerprint density at radius 3 is 2.76 bits per heavy atom. The maximum Gasteiger partial charge on any atom is 0.273 e. The van der Waals surface area contributed by atoms with Crippen molar-refractivity contribution in [1.29, 1.82) is 0 Å². The topological polar surface area (TPSA) is 92.3 Å². The number of benzene rings is 2. The Hall–Kier alpha value is -3.15. The first-order valence-electron chi connectivity index (χ1n) is 8.21. The third-order valence-electron chi connectivity index (χ3n) is 4.59. The number of aromatic nitrogens is 2. The smallest absolute Gasteiger partial charge is 0.273 e. The molecule has 126 valence electrons. The van der Waals surface area contributed by atoms with Crippen molar-refractivity contribution < 1.29 is 9.90 Å². The van der Waals surface area contributed by atoms with E-state index in [1.54, 1.807) is 17.0 Å². The SMILES string of the molecule is CCc1ccc2nc(N)nc(C(=O)N3Cc4ccc(O)cc4C3)c2c1. The summed E-state index contributed by atoms with van der Waals surface area (Å²) in [5.74, 6) is 0.120. The van der Waals surface area contributed by atoms with Gasteiger partial charge in [0.25, 0.3) is 5.91 Å². The molecule has 1 aromatic heterocycles. The molecule has 0 radical (unpaired) electrons. The van der Waals surface area contributed by atoms with Crippen molar-refractivity contribution in [3.05, 3.63) is 58.8 Å². The Bertz CT molecular complexity index is 1000. The van der Waals surface area contributed by atoms with Gasteiger partial charge in [0.15, 0.2) is 0 Å². The van der Waals surface area contributed by atoms with Gasteiger partial charge in [0, 0.05) is 18.5 Å². The zero-order chi connectivity index (χ0) is 17.6. The van der Waals surface area contributed by atoms with E-state index in [1.165, 1.54) is 0 Å². The molecule has 1 amide bonds. The van der Waals surface area contributed by atoms with E-state index in [-0.39, 0.29) is 17.6 Å². The number of phenolic OH excluding ortho intramolecular Hbond substituents is 1. The lowest BCUT2D eigenvalue weighted by molar-refractivity contribution is 0.0747. The van der Waals surface area contributed by atoms with Crippen LogP contribution in [0.1, 0.15) is 34.1 Å². The molecular weight excluding hydrogens is 316 g/mol. The van der Waals surface area contributed by atoms with Crippen LogP contribution in [0.3, 0.4) is 0 Å². The fraction of sp³-hybridized carbons (Fsp3) is 0.211. The second-order valence-corrected chi connectivity index (χ2v) is 6.25. The molecule has 0 bridgehead atoms.